The number of carbonyl (C=O) groups is 1. The number of hydrogen-bond donors (Lipinski definition) is 2. The molecule has 1 unspecified atom stereocenters. The molecular weight excluding hydrogens is 328 g/mol. The number of nitrogens with zero attached hydrogens (tertiary/aromatic N) is 2. The van der Waals surface area contributed by atoms with Crippen molar-refractivity contribution in [1.29, 1.82) is 0 Å². The van der Waals surface area contributed by atoms with Gasteiger partial charge < -0.3 is 20.3 Å². The van der Waals surface area contributed by atoms with Crippen LogP contribution in [0, 0.1) is 5.92 Å². The maximum atomic E-state index is 12.1. The third-order valence-corrected chi connectivity index (χ3v) is 4.52. The Morgan fingerprint density at radius 1 is 1.38 bits per heavy atom. The summed E-state index contributed by atoms with van der Waals surface area (Å²) < 4.78 is 5.39. The molecule has 1 saturated heterocycles. The monoisotopic (exact) mass is 360 g/mol. The number of benzene rings is 1. The number of guanidine groups is 1. The van der Waals surface area contributed by atoms with Gasteiger partial charge in [-0.3, -0.25) is 9.79 Å². The molecule has 1 amide bonds. The number of aliphatic imine (C=N–C) groups is 1. The van der Waals surface area contributed by atoms with E-state index in [-0.39, 0.29) is 17.9 Å². The molecule has 144 valence electrons. The van der Waals surface area contributed by atoms with Gasteiger partial charge in [0.25, 0.3) is 0 Å². The second-order valence-electron chi connectivity index (χ2n) is 6.89. The fourth-order valence-corrected chi connectivity index (χ4v) is 3.15. The molecule has 0 saturated carbocycles. The zero-order valence-corrected chi connectivity index (χ0v) is 16.4. The number of amides is 1. The summed E-state index contributed by atoms with van der Waals surface area (Å²) >= 11 is 0. The molecule has 1 aromatic rings. The fraction of sp³-hybridized carbons (Fsp3) is 0.600. The van der Waals surface area contributed by atoms with E-state index in [1.807, 2.05) is 36.9 Å². The molecule has 26 heavy (non-hydrogen) atoms. The molecule has 1 fully saturated rings. The van der Waals surface area contributed by atoms with Crippen LogP contribution >= 0.6 is 0 Å². The molecule has 2 rings (SSSR count). The Balaban J connectivity index is 1.90. The van der Waals surface area contributed by atoms with Crippen molar-refractivity contribution in [2.75, 3.05) is 33.3 Å². The summed E-state index contributed by atoms with van der Waals surface area (Å²) in [5, 5.41) is 6.76. The van der Waals surface area contributed by atoms with Gasteiger partial charge in [-0.25, -0.2) is 0 Å². The first kappa shape index (κ1) is 20.1. The number of hydrogen-bond acceptors (Lipinski definition) is 3. The van der Waals surface area contributed by atoms with Gasteiger partial charge in [0.2, 0.25) is 5.91 Å². The minimum atomic E-state index is 0.0523. The van der Waals surface area contributed by atoms with Crippen molar-refractivity contribution in [2.24, 2.45) is 10.9 Å². The van der Waals surface area contributed by atoms with E-state index in [1.165, 1.54) is 0 Å². The molecule has 0 bridgehead atoms. The minimum absolute atomic E-state index is 0.0523. The van der Waals surface area contributed by atoms with Crippen LogP contribution in [0.4, 0.5) is 0 Å². The van der Waals surface area contributed by atoms with Crippen molar-refractivity contribution in [3.8, 4) is 5.75 Å². The van der Waals surface area contributed by atoms with Crippen molar-refractivity contribution in [3.63, 3.8) is 0 Å². The lowest BCUT2D eigenvalue weighted by molar-refractivity contribution is -0.133. The average molecular weight is 361 g/mol. The number of ether oxygens (including phenoxy) is 1. The van der Waals surface area contributed by atoms with Gasteiger partial charge in [0, 0.05) is 38.1 Å². The number of nitrogens with one attached hydrogen (secondary N) is 2. The van der Waals surface area contributed by atoms with Gasteiger partial charge in [0.15, 0.2) is 5.96 Å². The smallest absolute Gasteiger partial charge is 0.225 e. The molecule has 1 aliphatic rings. The number of para-hydroxylation sites is 1. The molecule has 6 heteroatoms. The fourth-order valence-electron chi connectivity index (χ4n) is 3.15. The van der Waals surface area contributed by atoms with Crippen molar-refractivity contribution >= 4 is 11.9 Å². The maximum Gasteiger partial charge on any atom is 0.225 e. The molecule has 2 N–H and O–H groups in total. The maximum absolute atomic E-state index is 12.1. The van der Waals surface area contributed by atoms with E-state index in [0.29, 0.717) is 6.54 Å². The third kappa shape index (κ3) is 5.64. The standard InChI is InChI=1S/C20H32N4O2/c1-5-21-20(22-12-10-16-8-6-7-9-18(16)26-4)23-17-11-13-24(14-17)19(25)15(2)3/h6-9,15,17H,5,10-14H2,1-4H3,(H2,21,22,23). The first-order valence-electron chi connectivity index (χ1n) is 9.50. The van der Waals surface area contributed by atoms with E-state index in [1.54, 1.807) is 7.11 Å². The molecule has 1 atom stereocenters. The predicted octanol–water partition coefficient (Wildman–Crippen LogP) is 2.05. The Morgan fingerprint density at radius 2 is 2.15 bits per heavy atom. The zero-order chi connectivity index (χ0) is 18.9. The van der Waals surface area contributed by atoms with Crippen molar-refractivity contribution in [3.05, 3.63) is 29.8 Å². The lowest BCUT2D eigenvalue weighted by Crippen LogP contribution is -2.45. The van der Waals surface area contributed by atoms with Gasteiger partial charge in [0.1, 0.15) is 5.75 Å². The number of rotatable bonds is 7. The largest absolute Gasteiger partial charge is 0.496 e. The van der Waals surface area contributed by atoms with Crippen LogP contribution in [0.2, 0.25) is 0 Å². The van der Waals surface area contributed by atoms with E-state index in [9.17, 15) is 4.79 Å². The van der Waals surface area contributed by atoms with Gasteiger partial charge in [-0.15, -0.1) is 0 Å². The molecule has 0 aromatic heterocycles. The van der Waals surface area contributed by atoms with Crippen molar-refractivity contribution in [2.45, 2.75) is 39.7 Å². The highest BCUT2D eigenvalue weighted by Crippen LogP contribution is 2.17. The highest BCUT2D eigenvalue weighted by Gasteiger charge is 2.27. The van der Waals surface area contributed by atoms with Gasteiger partial charge in [-0.1, -0.05) is 32.0 Å². The molecule has 1 aliphatic heterocycles. The van der Waals surface area contributed by atoms with Crippen LogP contribution in [0.5, 0.6) is 5.75 Å². The molecule has 0 spiro atoms. The van der Waals surface area contributed by atoms with E-state index in [4.69, 9.17) is 4.74 Å². The predicted molar refractivity (Wildman–Crippen MR) is 106 cm³/mol. The highest BCUT2D eigenvalue weighted by atomic mass is 16.5. The normalized spacial score (nSPS) is 17.5. The van der Waals surface area contributed by atoms with Crippen LogP contribution in [-0.4, -0.2) is 56.1 Å². The van der Waals surface area contributed by atoms with Gasteiger partial charge in [-0.05, 0) is 31.4 Å². The van der Waals surface area contributed by atoms with Crippen LogP contribution in [-0.2, 0) is 11.2 Å². The Morgan fingerprint density at radius 3 is 2.85 bits per heavy atom. The van der Waals surface area contributed by atoms with Crippen molar-refractivity contribution in [1.82, 2.24) is 15.5 Å². The molecule has 6 nitrogen and oxygen atoms in total. The SMILES string of the molecule is CCNC(=NCCc1ccccc1OC)NC1CCN(C(=O)C(C)C)C1. The van der Waals surface area contributed by atoms with E-state index in [2.05, 4.69) is 28.6 Å². The first-order chi connectivity index (χ1) is 12.5. The summed E-state index contributed by atoms with van der Waals surface area (Å²) in [5.41, 5.74) is 1.16. The van der Waals surface area contributed by atoms with Gasteiger partial charge in [-0.2, -0.15) is 0 Å². The number of likely N-dealkylation sites (tertiary alicyclic amines) is 1. The lowest BCUT2D eigenvalue weighted by atomic mass is 10.1. The van der Waals surface area contributed by atoms with Gasteiger partial charge >= 0.3 is 0 Å². The minimum Gasteiger partial charge on any atom is -0.496 e. The summed E-state index contributed by atoms with van der Waals surface area (Å²) in [4.78, 5) is 18.8. The van der Waals surface area contributed by atoms with Crippen LogP contribution in [0.3, 0.4) is 0 Å². The second kappa shape index (κ2) is 10.0. The summed E-state index contributed by atoms with van der Waals surface area (Å²) in [7, 11) is 1.69. The van der Waals surface area contributed by atoms with Crippen LogP contribution in [0.1, 0.15) is 32.8 Å². The van der Waals surface area contributed by atoms with Crippen LogP contribution < -0.4 is 15.4 Å². The number of carbonyl (C=O) groups excluding carboxylic acids is 1. The summed E-state index contributed by atoms with van der Waals surface area (Å²) in [5.74, 6) is 1.99. The van der Waals surface area contributed by atoms with E-state index < -0.39 is 0 Å². The molecular formula is C20H32N4O2. The Bertz CT molecular complexity index is 616. The third-order valence-electron chi connectivity index (χ3n) is 4.52. The quantitative estimate of drug-likeness (QED) is 0.577. The summed E-state index contributed by atoms with van der Waals surface area (Å²) in [6.45, 7) is 9.00. The Hall–Kier alpha value is -2.24. The van der Waals surface area contributed by atoms with Crippen molar-refractivity contribution < 1.29 is 9.53 Å². The van der Waals surface area contributed by atoms with E-state index in [0.717, 1.165) is 49.7 Å². The summed E-state index contributed by atoms with van der Waals surface area (Å²) in [6.07, 6.45) is 1.78. The van der Waals surface area contributed by atoms with Gasteiger partial charge in [0.05, 0.1) is 7.11 Å². The van der Waals surface area contributed by atoms with Crippen LogP contribution in [0.25, 0.3) is 0 Å². The lowest BCUT2D eigenvalue weighted by Gasteiger charge is -2.20. The van der Waals surface area contributed by atoms with Crippen LogP contribution in [0.15, 0.2) is 29.3 Å². The molecule has 1 heterocycles. The summed E-state index contributed by atoms with van der Waals surface area (Å²) in [6, 6.07) is 8.29. The molecule has 0 radical (unpaired) electrons. The molecule has 0 aliphatic carbocycles. The topological polar surface area (TPSA) is 66.0 Å². The van der Waals surface area contributed by atoms with E-state index >= 15 is 0 Å². The Kier molecular flexibility index (Phi) is 7.75. The first-order valence-corrected chi connectivity index (χ1v) is 9.50. The zero-order valence-electron chi connectivity index (χ0n) is 16.4. The number of methoxy groups -OCH3 is 1. The molecule has 1 aromatic carbocycles. The Labute approximate surface area is 157 Å². The average Bonchev–Trinajstić information content (AvgIpc) is 3.10. The second-order valence-corrected chi connectivity index (χ2v) is 6.89. The highest BCUT2D eigenvalue weighted by molar-refractivity contribution is 5.81.